The zero-order valence-electron chi connectivity index (χ0n) is 12.8. The number of hydrogen-bond acceptors (Lipinski definition) is 2. The number of ketones is 1. The number of benzene rings is 2. The van der Waals surface area contributed by atoms with Crippen LogP contribution in [0.2, 0.25) is 0 Å². The summed E-state index contributed by atoms with van der Waals surface area (Å²) in [6.07, 6.45) is 0. The van der Waals surface area contributed by atoms with Crippen LogP contribution in [0.5, 0.6) is 0 Å². The van der Waals surface area contributed by atoms with Crippen LogP contribution < -0.4 is 5.32 Å². The van der Waals surface area contributed by atoms with Crippen molar-refractivity contribution in [1.29, 1.82) is 0 Å². The van der Waals surface area contributed by atoms with Gasteiger partial charge in [0.1, 0.15) is 0 Å². The number of carbonyl (C=O) groups excluding carboxylic acids is 2. The Morgan fingerprint density at radius 3 is 2.14 bits per heavy atom. The highest BCUT2D eigenvalue weighted by Gasteiger charge is 2.13. The van der Waals surface area contributed by atoms with Crippen molar-refractivity contribution in [2.24, 2.45) is 0 Å². The van der Waals surface area contributed by atoms with Gasteiger partial charge in [0.25, 0.3) is 5.91 Å². The first-order valence-electron chi connectivity index (χ1n) is 6.88. The molecule has 0 saturated heterocycles. The molecule has 3 heteroatoms. The standard InChI is InChI=1S/C18H19NO2/c1-11-8-12(2)17(13(3)9-11)18(21)19-16-7-5-6-15(10-16)14(4)20/h5-10H,1-4H3,(H,19,21). The highest BCUT2D eigenvalue weighted by atomic mass is 16.1. The second-order valence-corrected chi connectivity index (χ2v) is 5.36. The Kier molecular flexibility index (Phi) is 4.22. The third kappa shape index (κ3) is 3.37. The Labute approximate surface area is 125 Å². The topological polar surface area (TPSA) is 46.2 Å². The zero-order chi connectivity index (χ0) is 15.6. The molecule has 0 spiro atoms. The summed E-state index contributed by atoms with van der Waals surface area (Å²) >= 11 is 0. The second kappa shape index (κ2) is 5.92. The van der Waals surface area contributed by atoms with Gasteiger partial charge in [0.2, 0.25) is 0 Å². The molecular weight excluding hydrogens is 262 g/mol. The van der Waals surface area contributed by atoms with Crippen LogP contribution in [-0.2, 0) is 0 Å². The van der Waals surface area contributed by atoms with Crippen molar-refractivity contribution in [1.82, 2.24) is 0 Å². The molecule has 0 aliphatic carbocycles. The SMILES string of the molecule is CC(=O)c1cccc(NC(=O)c2c(C)cc(C)cc2C)c1. The maximum atomic E-state index is 12.5. The molecule has 0 saturated carbocycles. The third-order valence-corrected chi connectivity index (χ3v) is 3.43. The highest BCUT2D eigenvalue weighted by Crippen LogP contribution is 2.19. The molecule has 2 rings (SSSR count). The summed E-state index contributed by atoms with van der Waals surface area (Å²) in [4.78, 5) is 23.8. The van der Waals surface area contributed by atoms with Crippen LogP contribution in [0, 0.1) is 20.8 Å². The Morgan fingerprint density at radius 1 is 0.952 bits per heavy atom. The molecule has 0 fully saturated rings. The minimum absolute atomic E-state index is 0.0196. The lowest BCUT2D eigenvalue weighted by Crippen LogP contribution is -2.15. The predicted molar refractivity (Wildman–Crippen MR) is 85.1 cm³/mol. The van der Waals surface area contributed by atoms with Gasteiger partial charge in [-0.25, -0.2) is 0 Å². The molecule has 0 unspecified atom stereocenters. The molecule has 2 aromatic rings. The average Bonchev–Trinajstić information content (AvgIpc) is 2.37. The first kappa shape index (κ1) is 15.0. The first-order valence-corrected chi connectivity index (χ1v) is 6.88. The van der Waals surface area contributed by atoms with Gasteiger partial charge in [-0.1, -0.05) is 29.8 Å². The Morgan fingerprint density at radius 2 is 1.57 bits per heavy atom. The summed E-state index contributed by atoms with van der Waals surface area (Å²) in [6, 6.07) is 11.0. The van der Waals surface area contributed by atoms with Crippen LogP contribution in [-0.4, -0.2) is 11.7 Å². The third-order valence-electron chi connectivity index (χ3n) is 3.43. The molecule has 0 bridgehead atoms. The number of carbonyl (C=O) groups is 2. The summed E-state index contributed by atoms with van der Waals surface area (Å²) in [7, 11) is 0. The molecule has 0 radical (unpaired) electrons. The smallest absolute Gasteiger partial charge is 0.256 e. The number of nitrogens with one attached hydrogen (secondary N) is 1. The fraction of sp³-hybridized carbons (Fsp3) is 0.222. The summed E-state index contributed by atoms with van der Waals surface area (Å²) in [6.45, 7) is 7.38. The Bertz CT molecular complexity index is 694. The van der Waals surface area contributed by atoms with E-state index in [1.54, 1.807) is 24.3 Å². The first-order chi connectivity index (χ1) is 9.88. The summed E-state index contributed by atoms with van der Waals surface area (Å²) in [5.41, 5.74) is 4.95. The van der Waals surface area contributed by atoms with Gasteiger partial charge in [0.05, 0.1) is 0 Å². The lowest BCUT2D eigenvalue weighted by molar-refractivity contribution is 0.101. The van der Waals surface area contributed by atoms with Gasteiger partial charge in [0.15, 0.2) is 5.78 Å². The summed E-state index contributed by atoms with van der Waals surface area (Å²) in [5, 5.41) is 2.86. The lowest BCUT2D eigenvalue weighted by atomic mass is 9.99. The fourth-order valence-electron chi connectivity index (χ4n) is 2.55. The van der Waals surface area contributed by atoms with E-state index in [0.717, 1.165) is 16.7 Å². The average molecular weight is 281 g/mol. The number of Topliss-reactive ketones (excluding diaryl/α,β-unsaturated/α-hetero) is 1. The molecule has 1 N–H and O–H groups in total. The monoisotopic (exact) mass is 281 g/mol. The van der Waals surface area contributed by atoms with E-state index in [4.69, 9.17) is 0 Å². The molecular formula is C18H19NO2. The normalized spacial score (nSPS) is 10.3. The van der Waals surface area contributed by atoms with Crippen molar-refractivity contribution in [2.45, 2.75) is 27.7 Å². The second-order valence-electron chi connectivity index (χ2n) is 5.36. The van der Waals surface area contributed by atoms with Crippen LogP contribution in [0.1, 0.15) is 44.3 Å². The van der Waals surface area contributed by atoms with Crippen LogP contribution >= 0.6 is 0 Å². The number of aryl methyl sites for hydroxylation is 3. The molecule has 108 valence electrons. The fourth-order valence-corrected chi connectivity index (χ4v) is 2.55. The predicted octanol–water partition coefficient (Wildman–Crippen LogP) is 4.07. The molecule has 0 aromatic heterocycles. The van der Waals surface area contributed by atoms with Gasteiger partial charge in [0, 0.05) is 16.8 Å². The zero-order valence-corrected chi connectivity index (χ0v) is 12.8. The van der Waals surface area contributed by atoms with Crippen molar-refractivity contribution in [3.63, 3.8) is 0 Å². The van der Waals surface area contributed by atoms with Gasteiger partial charge in [-0.2, -0.15) is 0 Å². The van der Waals surface area contributed by atoms with Crippen molar-refractivity contribution in [3.05, 3.63) is 64.2 Å². The van der Waals surface area contributed by atoms with Crippen molar-refractivity contribution < 1.29 is 9.59 Å². The van der Waals surface area contributed by atoms with Gasteiger partial charge >= 0.3 is 0 Å². The molecule has 21 heavy (non-hydrogen) atoms. The molecule has 2 aromatic carbocycles. The van der Waals surface area contributed by atoms with Crippen molar-refractivity contribution >= 4 is 17.4 Å². The van der Waals surface area contributed by atoms with Crippen molar-refractivity contribution in [2.75, 3.05) is 5.32 Å². The molecule has 0 aliphatic heterocycles. The van der Waals surface area contributed by atoms with E-state index in [9.17, 15) is 9.59 Å². The van der Waals surface area contributed by atoms with E-state index in [-0.39, 0.29) is 11.7 Å². The van der Waals surface area contributed by atoms with E-state index >= 15 is 0 Å². The minimum Gasteiger partial charge on any atom is -0.322 e. The van der Waals surface area contributed by atoms with E-state index in [1.807, 2.05) is 32.9 Å². The largest absolute Gasteiger partial charge is 0.322 e. The van der Waals surface area contributed by atoms with E-state index < -0.39 is 0 Å². The summed E-state index contributed by atoms with van der Waals surface area (Å²) in [5.74, 6) is -0.167. The molecule has 0 heterocycles. The van der Waals surface area contributed by atoms with Crippen LogP contribution in [0.25, 0.3) is 0 Å². The molecule has 1 amide bonds. The van der Waals surface area contributed by atoms with Crippen molar-refractivity contribution in [3.8, 4) is 0 Å². The van der Waals surface area contributed by atoms with Crippen LogP contribution in [0.15, 0.2) is 36.4 Å². The van der Waals surface area contributed by atoms with Gasteiger partial charge in [-0.15, -0.1) is 0 Å². The number of anilines is 1. The van der Waals surface area contributed by atoms with Crippen LogP contribution in [0.3, 0.4) is 0 Å². The van der Waals surface area contributed by atoms with E-state index in [1.165, 1.54) is 6.92 Å². The molecule has 0 atom stereocenters. The lowest BCUT2D eigenvalue weighted by Gasteiger charge is -2.12. The van der Waals surface area contributed by atoms with Crippen LogP contribution in [0.4, 0.5) is 5.69 Å². The maximum absolute atomic E-state index is 12.5. The highest BCUT2D eigenvalue weighted by molar-refractivity contribution is 6.07. The van der Waals surface area contributed by atoms with E-state index in [2.05, 4.69) is 5.32 Å². The number of rotatable bonds is 3. The van der Waals surface area contributed by atoms with Gasteiger partial charge in [-0.05, 0) is 51.0 Å². The minimum atomic E-state index is -0.147. The number of hydrogen-bond donors (Lipinski definition) is 1. The van der Waals surface area contributed by atoms with E-state index in [0.29, 0.717) is 16.8 Å². The Hall–Kier alpha value is -2.42. The Balaban J connectivity index is 2.30. The summed E-state index contributed by atoms with van der Waals surface area (Å²) < 4.78 is 0. The molecule has 0 aliphatic rings. The maximum Gasteiger partial charge on any atom is 0.256 e. The van der Waals surface area contributed by atoms with Gasteiger partial charge < -0.3 is 5.32 Å². The number of amides is 1. The molecule has 3 nitrogen and oxygen atoms in total. The quantitative estimate of drug-likeness (QED) is 0.862. The van der Waals surface area contributed by atoms with Gasteiger partial charge in [-0.3, -0.25) is 9.59 Å².